The van der Waals surface area contributed by atoms with Crippen LogP contribution in [0.5, 0.6) is 0 Å². The van der Waals surface area contributed by atoms with E-state index in [2.05, 4.69) is 4.98 Å². The number of nitrogens with zero attached hydrogens (tertiary/aromatic N) is 2. The van der Waals surface area contributed by atoms with Gasteiger partial charge in [0, 0.05) is 13.2 Å². The molecule has 2 aromatic carbocycles. The zero-order valence-electron chi connectivity index (χ0n) is 16.0. The molecule has 0 unspecified atom stereocenters. The lowest BCUT2D eigenvalue weighted by Gasteiger charge is -2.12. The number of halogens is 2. The highest BCUT2D eigenvalue weighted by molar-refractivity contribution is 7.90. The van der Waals surface area contributed by atoms with Gasteiger partial charge in [0.25, 0.3) is 15.9 Å². The van der Waals surface area contributed by atoms with Crippen LogP contribution in [0.25, 0.3) is 11.4 Å². The summed E-state index contributed by atoms with van der Waals surface area (Å²) in [5.41, 5.74) is 0.393. The molecule has 0 radical (unpaired) electrons. The Morgan fingerprint density at radius 3 is 2.38 bits per heavy atom. The van der Waals surface area contributed by atoms with Crippen molar-refractivity contribution in [3.05, 3.63) is 71.1 Å². The topological polar surface area (TPSA) is 81.1 Å². The maximum absolute atomic E-state index is 14.1. The van der Waals surface area contributed by atoms with Crippen LogP contribution in [0, 0.1) is 18.6 Å². The quantitative estimate of drug-likeness (QED) is 0.688. The van der Waals surface area contributed by atoms with Crippen LogP contribution in [-0.2, 0) is 23.5 Å². The lowest BCUT2D eigenvalue weighted by molar-refractivity contribution is 0.0977. The molecule has 0 aliphatic heterocycles. The Bertz CT molecular complexity index is 1180. The summed E-state index contributed by atoms with van der Waals surface area (Å²) in [7, 11) is -2.71. The first-order chi connectivity index (χ1) is 13.7. The molecule has 0 aliphatic carbocycles. The first-order valence-corrected chi connectivity index (χ1v) is 10.3. The average molecular weight is 419 g/mol. The van der Waals surface area contributed by atoms with Gasteiger partial charge in [0.15, 0.2) is 0 Å². The van der Waals surface area contributed by atoms with Crippen LogP contribution in [0.3, 0.4) is 0 Å². The zero-order valence-corrected chi connectivity index (χ0v) is 16.8. The molecule has 1 heterocycles. The minimum atomic E-state index is -4.16. The van der Waals surface area contributed by atoms with Gasteiger partial charge in [-0.25, -0.2) is 26.9 Å². The summed E-state index contributed by atoms with van der Waals surface area (Å²) in [6.07, 6.45) is 1.68. The van der Waals surface area contributed by atoms with Crippen molar-refractivity contribution in [1.82, 2.24) is 14.3 Å². The number of nitrogens with one attached hydrogen (secondary N) is 1. The number of hydrogen-bond acceptors (Lipinski definition) is 4. The number of aryl methyl sites for hydroxylation is 3. The highest BCUT2D eigenvalue weighted by Gasteiger charge is 2.26. The summed E-state index contributed by atoms with van der Waals surface area (Å²) >= 11 is 0. The lowest BCUT2D eigenvalue weighted by atomic mass is 10.1. The Hall–Kier alpha value is -3.07. The second-order valence-corrected chi connectivity index (χ2v) is 8.13. The molecule has 3 aromatic rings. The standard InChI is InChI=1S/C20H19F2N3O3S/c1-4-13-8-5-7-12(2)18(13)29(27,28)24-20(26)16-11-25(3)19(23-16)17-14(21)9-6-10-15(17)22/h5-11H,4H2,1-3H3,(H,24,26). The predicted octanol–water partition coefficient (Wildman–Crippen LogP) is 3.35. The van der Waals surface area contributed by atoms with E-state index in [-0.39, 0.29) is 16.4 Å². The highest BCUT2D eigenvalue weighted by atomic mass is 32.2. The fourth-order valence-corrected chi connectivity index (χ4v) is 4.62. The summed E-state index contributed by atoms with van der Waals surface area (Å²) in [5, 5.41) is 0. The van der Waals surface area contributed by atoms with Crippen molar-refractivity contribution < 1.29 is 22.0 Å². The molecule has 29 heavy (non-hydrogen) atoms. The van der Waals surface area contributed by atoms with Crippen LogP contribution >= 0.6 is 0 Å². The van der Waals surface area contributed by atoms with Crippen molar-refractivity contribution >= 4 is 15.9 Å². The summed E-state index contributed by atoms with van der Waals surface area (Å²) in [5.74, 6) is -2.81. The Morgan fingerprint density at radius 1 is 1.14 bits per heavy atom. The van der Waals surface area contributed by atoms with Crippen molar-refractivity contribution in [3.8, 4) is 11.4 Å². The van der Waals surface area contributed by atoms with E-state index in [0.29, 0.717) is 17.5 Å². The number of carbonyl (C=O) groups excluding carboxylic acids is 1. The second-order valence-electron chi connectivity index (χ2n) is 6.51. The van der Waals surface area contributed by atoms with Crippen molar-refractivity contribution in [1.29, 1.82) is 0 Å². The van der Waals surface area contributed by atoms with Gasteiger partial charge in [-0.1, -0.05) is 31.2 Å². The summed E-state index contributed by atoms with van der Waals surface area (Å²) < 4.78 is 57.0. The number of carbonyl (C=O) groups is 1. The number of rotatable bonds is 5. The molecule has 0 aliphatic rings. The van der Waals surface area contributed by atoms with Crippen LogP contribution in [0.15, 0.2) is 47.5 Å². The van der Waals surface area contributed by atoms with Crippen LogP contribution in [0.2, 0.25) is 0 Å². The molecular weight excluding hydrogens is 400 g/mol. The molecule has 1 amide bonds. The number of hydrogen-bond donors (Lipinski definition) is 1. The van der Waals surface area contributed by atoms with Crippen molar-refractivity contribution in [3.63, 3.8) is 0 Å². The minimum Gasteiger partial charge on any atom is -0.333 e. The summed E-state index contributed by atoms with van der Waals surface area (Å²) in [4.78, 5) is 16.5. The van der Waals surface area contributed by atoms with E-state index in [0.717, 1.165) is 12.1 Å². The van der Waals surface area contributed by atoms with Gasteiger partial charge in [0.1, 0.15) is 23.2 Å². The van der Waals surface area contributed by atoms with Crippen molar-refractivity contribution in [2.24, 2.45) is 7.05 Å². The third-order valence-corrected chi connectivity index (χ3v) is 6.04. The molecular formula is C20H19F2N3O3S. The maximum atomic E-state index is 14.1. The first kappa shape index (κ1) is 20.7. The maximum Gasteiger partial charge on any atom is 0.285 e. The van der Waals surface area contributed by atoms with Crippen LogP contribution in [0.1, 0.15) is 28.5 Å². The molecule has 0 atom stereocenters. The Morgan fingerprint density at radius 2 is 1.76 bits per heavy atom. The van der Waals surface area contributed by atoms with Crippen LogP contribution in [0.4, 0.5) is 8.78 Å². The fourth-order valence-electron chi connectivity index (χ4n) is 3.12. The molecule has 3 rings (SSSR count). The molecule has 0 bridgehead atoms. The van der Waals surface area contributed by atoms with Gasteiger partial charge in [-0.2, -0.15) is 0 Å². The molecule has 0 saturated heterocycles. The second kappa shape index (κ2) is 7.75. The lowest BCUT2D eigenvalue weighted by Crippen LogP contribution is -2.32. The van der Waals surface area contributed by atoms with Gasteiger partial charge in [0.2, 0.25) is 0 Å². The number of imidazole rings is 1. The monoisotopic (exact) mass is 419 g/mol. The molecule has 1 N–H and O–H groups in total. The number of aromatic nitrogens is 2. The predicted molar refractivity (Wildman–Crippen MR) is 104 cm³/mol. The molecule has 1 aromatic heterocycles. The van der Waals surface area contributed by atoms with Gasteiger partial charge >= 0.3 is 0 Å². The zero-order chi connectivity index (χ0) is 21.3. The fraction of sp³-hybridized carbons (Fsp3) is 0.200. The molecule has 0 saturated carbocycles. The summed E-state index contributed by atoms with van der Waals surface area (Å²) in [6.45, 7) is 3.45. The van der Waals surface area contributed by atoms with Crippen LogP contribution in [-0.4, -0.2) is 23.9 Å². The molecule has 6 nitrogen and oxygen atoms in total. The van der Waals surface area contributed by atoms with Crippen LogP contribution < -0.4 is 4.72 Å². The SMILES string of the molecule is CCc1cccc(C)c1S(=O)(=O)NC(=O)c1cn(C)c(-c2c(F)cccc2F)n1. The molecule has 0 fully saturated rings. The molecule has 0 spiro atoms. The Kier molecular flexibility index (Phi) is 5.52. The van der Waals surface area contributed by atoms with Gasteiger partial charge in [0.05, 0.1) is 10.5 Å². The van der Waals surface area contributed by atoms with Crippen molar-refractivity contribution in [2.75, 3.05) is 0 Å². The summed E-state index contributed by atoms with van der Waals surface area (Å²) in [6, 6.07) is 8.40. The molecule has 152 valence electrons. The number of amides is 1. The van der Waals surface area contributed by atoms with Gasteiger partial charge in [-0.3, -0.25) is 4.79 Å². The normalized spacial score (nSPS) is 11.5. The third kappa shape index (κ3) is 3.91. The van der Waals surface area contributed by atoms with Gasteiger partial charge in [-0.05, 0) is 36.6 Å². The van der Waals surface area contributed by atoms with E-state index in [1.807, 2.05) is 11.6 Å². The largest absolute Gasteiger partial charge is 0.333 e. The van der Waals surface area contributed by atoms with Gasteiger partial charge < -0.3 is 4.57 Å². The minimum absolute atomic E-state index is 0.0344. The highest BCUT2D eigenvalue weighted by Crippen LogP contribution is 2.25. The van der Waals surface area contributed by atoms with Gasteiger partial charge in [-0.15, -0.1) is 0 Å². The van der Waals surface area contributed by atoms with E-state index in [9.17, 15) is 22.0 Å². The average Bonchev–Trinajstić information content (AvgIpc) is 3.02. The third-order valence-electron chi connectivity index (χ3n) is 4.47. The Labute approximate surface area is 167 Å². The van der Waals surface area contributed by atoms with E-state index < -0.39 is 33.1 Å². The first-order valence-electron chi connectivity index (χ1n) is 8.79. The smallest absolute Gasteiger partial charge is 0.285 e. The van der Waals surface area contributed by atoms with E-state index in [1.165, 1.54) is 23.9 Å². The van der Waals surface area contributed by atoms with Crippen molar-refractivity contribution in [2.45, 2.75) is 25.2 Å². The molecule has 9 heteroatoms. The van der Waals surface area contributed by atoms with E-state index in [1.54, 1.807) is 25.1 Å². The van der Waals surface area contributed by atoms with E-state index >= 15 is 0 Å². The Balaban J connectivity index is 1.97. The number of sulfonamides is 1. The van der Waals surface area contributed by atoms with E-state index in [4.69, 9.17) is 0 Å². The number of benzene rings is 2.